The van der Waals surface area contributed by atoms with E-state index >= 15 is 0 Å². The number of rotatable bonds is 6. The van der Waals surface area contributed by atoms with Crippen LogP contribution in [-0.2, 0) is 11.2 Å². The molecule has 0 aliphatic carbocycles. The lowest BCUT2D eigenvalue weighted by molar-refractivity contribution is -0.113. The maximum absolute atomic E-state index is 13.8. The number of nitrogens with one attached hydrogen (secondary N) is 1. The molecule has 0 unspecified atom stereocenters. The number of hydrogen-bond donors (Lipinski definition) is 1. The molecule has 1 aliphatic rings. The highest BCUT2D eigenvalue weighted by Gasteiger charge is 2.24. The van der Waals surface area contributed by atoms with Gasteiger partial charge in [-0.05, 0) is 24.3 Å². The molecule has 1 N–H and O–H groups in total. The van der Waals surface area contributed by atoms with Gasteiger partial charge in [0.2, 0.25) is 5.91 Å². The standard InChI is InChI=1S/C21H18FN3O3S2/c1-28-17-9-5-4-8-16(17)25-20(27)19-15(10-11-29-19)24-21(25)30-12-18(26)23-14-7-3-2-6-13(14)22/h2-9H,10-12H2,1H3,(H,23,26). The average molecular weight is 444 g/mol. The van der Waals surface area contributed by atoms with Crippen molar-refractivity contribution < 1.29 is 13.9 Å². The molecule has 3 aromatic rings. The Labute approximate surface area is 180 Å². The zero-order valence-corrected chi connectivity index (χ0v) is 17.7. The SMILES string of the molecule is COc1ccccc1-n1c(SCC(=O)Nc2ccccc2F)nc2c(c1=O)SCC2. The first-order valence-corrected chi connectivity index (χ1v) is 11.1. The van der Waals surface area contributed by atoms with Gasteiger partial charge in [-0.2, -0.15) is 0 Å². The molecule has 0 bridgehead atoms. The third-order valence-electron chi connectivity index (χ3n) is 4.47. The Morgan fingerprint density at radius 3 is 2.83 bits per heavy atom. The Kier molecular flexibility index (Phi) is 6.10. The number of aromatic nitrogens is 2. The molecule has 154 valence electrons. The summed E-state index contributed by atoms with van der Waals surface area (Å²) in [5, 5.41) is 2.95. The second kappa shape index (κ2) is 8.93. The number of ether oxygens (including phenoxy) is 1. The van der Waals surface area contributed by atoms with E-state index in [9.17, 15) is 14.0 Å². The van der Waals surface area contributed by atoms with Gasteiger partial charge in [0.05, 0.1) is 34.8 Å². The zero-order chi connectivity index (χ0) is 21.1. The quantitative estimate of drug-likeness (QED) is 0.462. The maximum Gasteiger partial charge on any atom is 0.272 e. The van der Waals surface area contributed by atoms with Gasteiger partial charge in [0.25, 0.3) is 5.56 Å². The molecular formula is C21H18FN3O3S2. The molecule has 1 aromatic heterocycles. The number of anilines is 1. The fourth-order valence-electron chi connectivity index (χ4n) is 3.10. The number of carbonyl (C=O) groups is 1. The first kappa shape index (κ1) is 20.5. The zero-order valence-electron chi connectivity index (χ0n) is 16.1. The number of fused-ring (bicyclic) bond motifs is 1. The van der Waals surface area contributed by atoms with Crippen molar-refractivity contribution in [1.82, 2.24) is 9.55 Å². The first-order chi connectivity index (χ1) is 14.6. The van der Waals surface area contributed by atoms with E-state index in [2.05, 4.69) is 10.3 Å². The molecule has 0 saturated heterocycles. The summed E-state index contributed by atoms with van der Waals surface area (Å²) in [5.74, 6) is 0.407. The minimum atomic E-state index is -0.505. The van der Waals surface area contributed by atoms with Crippen LogP contribution in [0.1, 0.15) is 5.69 Å². The molecule has 2 aromatic carbocycles. The summed E-state index contributed by atoms with van der Waals surface area (Å²) in [5.41, 5.74) is 1.24. The predicted octanol–water partition coefficient (Wildman–Crippen LogP) is 3.76. The van der Waals surface area contributed by atoms with Crippen molar-refractivity contribution in [1.29, 1.82) is 0 Å². The highest BCUT2D eigenvalue weighted by atomic mass is 32.2. The lowest BCUT2D eigenvalue weighted by Gasteiger charge is -2.16. The van der Waals surface area contributed by atoms with Gasteiger partial charge in [-0.15, -0.1) is 11.8 Å². The van der Waals surface area contributed by atoms with Crippen molar-refractivity contribution in [3.05, 3.63) is 70.4 Å². The van der Waals surface area contributed by atoms with Crippen molar-refractivity contribution in [3.8, 4) is 11.4 Å². The van der Waals surface area contributed by atoms with E-state index in [0.29, 0.717) is 27.9 Å². The number of halogens is 1. The highest BCUT2D eigenvalue weighted by Crippen LogP contribution is 2.32. The lowest BCUT2D eigenvalue weighted by Crippen LogP contribution is -2.25. The second-order valence-electron chi connectivity index (χ2n) is 6.40. The van der Waals surface area contributed by atoms with Crippen LogP contribution in [0.5, 0.6) is 5.75 Å². The van der Waals surface area contributed by atoms with Crippen molar-refractivity contribution >= 4 is 35.1 Å². The Balaban J connectivity index is 1.66. The topological polar surface area (TPSA) is 73.2 Å². The van der Waals surface area contributed by atoms with Crippen LogP contribution < -0.4 is 15.6 Å². The molecule has 2 heterocycles. The smallest absolute Gasteiger partial charge is 0.272 e. The Morgan fingerprint density at radius 1 is 1.27 bits per heavy atom. The predicted molar refractivity (Wildman–Crippen MR) is 117 cm³/mol. The molecule has 0 atom stereocenters. The molecule has 0 spiro atoms. The largest absolute Gasteiger partial charge is 0.495 e. The fourth-order valence-corrected chi connectivity index (χ4v) is 4.94. The summed E-state index contributed by atoms with van der Waals surface area (Å²) in [6.45, 7) is 0. The molecule has 0 radical (unpaired) electrons. The van der Waals surface area contributed by atoms with Crippen molar-refractivity contribution in [2.45, 2.75) is 16.5 Å². The van der Waals surface area contributed by atoms with Crippen LogP contribution >= 0.6 is 23.5 Å². The average Bonchev–Trinajstić information content (AvgIpc) is 3.23. The Morgan fingerprint density at radius 2 is 2.03 bits per heavy atom. The van der Waals surface area contributed by atoms with E-state index in [0.717, 1.165) is 23.2 Å². The van der Waals surface area contributed by atoms with Crippen molar-refractivity contribution in [3.63, 3.8) is 0 Å². The van der Waals surface area contributed by atoms with Crippen molar-refractivity contribution in [2.75, 3.05) is 23.9 Å². The third-order valence-corrected chi connectivity index (χ3v) is 6.52. The van der Waals surface area contributed by atoms with E-state index in [-0.39, 0.29) is 22.9 Å². The number of nitrogens with zero attached hydrogens (tertiary/aromatic N) is 2. The molecule has 4 rings (SSSR count). The Bertz CT molecular complexity index is 1170. The van der Waals surface area contributed by atoms with E-state index < -0.39 is 5.82 Å². The molecule has 30 heavy (non-hydrogen) atoms. The van der Waals surface area contributed by atoms with Gasteiger partial charge >= 0.3 is 0 Å². The number of thioether (sulfide) groups is 2. The molecule has 1 aliphatic heterocycles. The number of hydrogen-bond acceptors (Lipinski definition) is 6. The van der Waals surface area contributed by atoms with Crippen LogP contribution in [0.3, 0.4) is 0 Å². The minimum absolute atomic E-state index is 0.0259. The molecule has 1 amide bonds. The van der Waals surface area contributed by atoms with Gasteiger partial charge in [0.1, 0.15) is 11.6 Å². The van der Waals surface area contributed by atoms with Crippen molar-refractivity contribution in [2.24, 2.45) is 0 Å². The molecule has 0 saturated carbocycles. The van der Waals surface area contributed by atoms with Crippen LogP contribution in [0.4, 0.5) is 10.1 Å². The number of amides is 1. The number of benzene rings is 2. The van der Waals surface area contributed by atoms with Gasteiger partial charge in [-0.1, -0.05) is 36.0 Å². The summed E-state index contributed by atoms with van der Waals surface area (Å²) in [6.07, 6.45) is 0.705. The summed E-state index contributed by atoms with van der Waals surface area (Å²) in [6, 6.07) is 13.1. The van der Waals surface area contributed by atoms with Crippen LogP contribution in [0.2, 0.25) is 0 Å². The number of para-hydroxylation sites is 3. The molecule has 0 fully saturated rings. The van der Waals surface area contributed by atoms with Crippen LogP contribution in [0, 0.1) is 5.82 Å². The summed E-state index contributed by atoms with van der Waals surface area (Å²) in [7, 11) is 1.54. The maximum atomic E-state index is 13.8. The van der Waals surface area contributed by atoms with Gasteiger partial charge in [0, 0.05) is 12.2 Å². The highest BCUT2D eigenvalue weighted by molar-refractivity contribution is 8.00. The van der Waals surface area contributed by atoms with Crippen LogP contribution in [0.15, 0.2) is 63.4 Å². The number of methoxy groups -OCH3 is 1. The van der Waals surface area contributed by atoms with Crippen LogP contribution in [-0.4, -0.2) is 34.1 Å². The lowest BCUT2D eigenvalue weighted by atomic mass is 10.2. The summed E-state index contributed by atoms with van der Waals surface area (Å²) in [4.78, 5) is 30.9. The van der Waals surface area contributed by atoms with Gasteiger partial charge in [-0.3, -0.25) is 14.2 Å². The summed E-state index contributed by atoms with van der Waals surface area (Å²) >= 11 is 2.61. The van der Waals surface area contributed by atoms with E-state index in [1.807, 2.05) is 12.1 Å². The molecule has 6 nitrogen and oxygen atoms in total. The van der Waals surface area contributed by atoms with E-state index in [4.69, 9.17) is 4.74 Å². The monoisotopic (exact) mass is 443 g/mol. The number of carbonyl (C=O) groups excluding carboxylic acids is 1. The van der Waals surface area contributed by atoms with E-state index in [1.165, 1.54) is 35.6 Å². The second-order valence-corrected chi connectivity index (χ2v) is 8.45. The summed E-state index contributed by atoms with van der Waals surface area (Å²) < 4.78 is 20.7. The third kappa shape index (κ3) is 4.08. The number of aryl methyl sites for hydroxylation is 1. The normalized spacial score (nSPS) is 12.5. The van der Waals surface area contributed by atoms with Gasteiger partial charge in [-0.25, -0.2) is 9.37 Å². The first-order valence-electron chi connectivity index (χ1n) is 9.18. The van der Waals surface area contributed by atoms with E-state index in [1.54, 1.807) is 24.3 Å². The minimum Gasteiger partial charge on any atom is -0.495 e. The molecule has 9 heteroatoms. The molecular weight excluding hydrogens is 425 g/mol. The Hall–Kier alpha value is -2.78. The van der Waals surface area contributed by atoms with Gasteiger partial charge in [0.15, 0.2) is 5.16 Å². The van der Waals surface area contributed by atoms with Crippen LogP contribution in [0.25, 0.3) is 5.69 Å². The fraction of sp³-hybridized carbons (Fsp3) is 0.190. The van der Waals surface area contributed by atoms with Gasteiger partial charge < -0.3 is 10.1 Å².